The van der Waals surface area contributed by atoms with Crippen LogP contribution in [0.25, 0.3) is 0 Å². The second-order valence-electron chi connectivity index (χ2n) is 4.15. The summed E-state index contributed by atoms with van der Waals surface area (Å²) in [6.45, 7) is 3.85. The Kier molecular flexibility index (Phi) is 4.11. The number of benzene rings is 1. The highest BCUT2D eigenvalue weighted by Gasteiger charge is 2.07. The van der Waals surface area contributed by atoms with Gasteiger partial charge in [0.15, 0.2) is 5.16 Å². The normalized spacial score (nSPS) is 10.4. The minimum absolute atomic E-state index is 0.111. The van der Waals surface area contributed by atoms with Gasteiger partial charge in [-0.2, -0.15) is 0 Å². The van der Waals surface area contributed by atoms with Crippen LogP contribution in [0.5, 0.6) is 0 Å². The van der Waals surface area contributed by atoms with Crippen molar-refractivity contribution < 1.29 is 4.92 Å². The topological polar surface area (TPSA) is 68.9 Å². The monoisotopic (exact) mass is 275 g/mol. The van der Waals surface area contributed by atoms with Crippen molar-refractivity contribution in [1.29, 1.82) is 0 Å². The second-order valence-corrected chi connectivity index (χ2v) is 5.09. The molecule has 98 valence electrons. The Morgan fingerprint density at radius 2 is 1.89 bits per heavy atom. The first-order valence-electron chi connectivity index (χ1n) is 5.73. The molecule has 2 aromatic rings. The van der Waals surface area contributed by atoms with Crippen LogP contribution in [0.15, 0.2) is 35.5 Å². The summed E-state index contributed by atoms with van der Waals surface area (Å²) in [6, 6.07) is 8.54. The SMILES string of the molecule is Cc1cc(C)nc(SCc2cccc([N+](=O)[O-])c2)n1. The highest BCUT2D eigenvalue weighted by Crippen LogP contribution is 2.22. The van der Waals surface area contributed by atoms with Crippen molar-refractivity contribution >= 4 is 17.4 Å². The van der Waals surface area contributed by atoms with Gasteiger partial charge in [-0.3, -0.25) is 10.1 Å². The molecule has 1 aromatic heterocycles. The van der Waals surface area contributed by atoms with E-state index in [0.717, 1.165) is 17.0 Å². The van der Waals surface area contributed by atoms with Crippen molar-refractivity contribution in [2.24, 2.45) is 0 Å². The Hall–Kier alpha value is -1.95. The molecule has 0 fully saturated rings. The number of hydrogen-bond donors (Lipinski definition) is 0. The minimum Gasteiger partial charge on any atom is -0.258 e. The zero-order valence-corrected chi connectivity index (χ0v) is 11.5. The largest absolute Gasteiger partial charge is 0.269 e. The maximum atomic E-state index is 10.7. The number of hydrogen-bond acceptors (Lipinski definition) is 5. The number of aryl methyl sites for hydroxylation is 2. The molecule has 19 heavy (non-hydrogen) atoms. The lowest BCUT2D eigenvalue weighted by atomic mass is 10.2. The molecule has 0 unspecified atom stereocenters. The molecule has 2 rings (SSSR count). The molecule has 0 amide bonds. The maximum absolute atomic E-state index is 10.7. The molecule has 0 spiro atoms. The summed E-state index contributed by atoms with van der Waals surface area (Å²) in [6.07, 6.45) is 0. The third-order valence-corrected chi connectivity index (χ3v) is 3.37. The van der Waals surface area contributed by atoms with Crippen LogP contribution < -0.4 is 0 Å². The van der Waals surface area contributed by atoms with Gasteiger partial charge in [0, 0.05) is 29.3 Å². The first-order valence-corrected chi connectivity index (χ1v) is 6.71. The van der Waals surface area contributed by atoms with E-state index >= 15 is 0 Å². The molecule has 0 aliphatic rings. The van der Waals surface area contributed by atoms with Gasteiger partial charge in [-0.25, -0.2) is 9.97 Å². The van der Waals surface area contributed by atoms with Crippen molar-refractivity contribution in [2.45, 2.75) is 24.8 Å². The number of nitrogens with zero attached hydrogens (tertiary/aromatic N) is 3. The van der Waals surface area contributed by atoms with E-state index in [4.69, 9.17) is 0 Å². The lowest BCUT2D eigenvalue weighted by molar-refractivity contribution is -0.384. The molecule has 0 N–H and O–H groups in total. The fraction of sp³-hybridized carbons (Fsp3) is 0.231. The van der Waals surface area contributed by atoms with Crippen LogP contribution >= 0.6 is 11.8 Å². The molecular weight excluding hydrogens is 262 g/mol. The van der Waals surface area contributed by atoms with Gasteiger partial charge in [-0.1, -0.05) is 23.9 Å². The van der Waals surface area contributed by atoms with Crippen molar-refractivity contribution in [1.82, 2.24) is 9.97 Å². The molecule has 0 bridgehead atoms. The smallest absolute Gasteiger partial charge is 0.258 e. The van der Waals surface area contributed by atoms with Crippen LogP contribution in [0.1, 0.15) is 17.0 Å². The number of non-ortho nitro benzene ring substituents is 1. The molecular formula is C13H13N3O2S. The van der Waals surface area contributed by atoms with E-state index in [1.165, 1.54) is 17.8 Å². The molecule has 0 saturated carbocycles. The molecule has 1 heterocycles. The molecule has 6 heteroatoms. The highest BCUT2D eigenvalue weighted by molar-refractivity contribution is 7.98. The first-order chi connectivity index (χ1) is 9.04. The van der Waals surface area contributed by atoms with E-state index in [-0.39, 0.29) is 10.6 Å². The van der Waals surface area contributed by atoms with E-state index < -0.39 is 0 Å². The van der Waals surface area contributed by atoms with Crippen LogP contribution in [0.2, 0.25) is 0 Å². The van der Waals surface area contributed by atoms with Crippen LogP contribution in [-0.4, -0.2) is 14.9 Å². The predicted octanol–water partition coefficient (Wildman–Crippen LogP) is 3.29. The summed E-state index contributed by atoms with van der Waals surface area (Å²) in [7, 11) is 0. The van der Waals surface area contributed by atoms with Gasteiger partial charge in [0.2, 0.25) is 0 Å². The second kappa shape index (κ2) is 5.79. The molecule has 0 aliphatic heterocycles. The van der Waals surface area contributed by atoms with Crippen LogP contribution in [0.3, 0.4) is 0 Å². The molecule has 0 radical (unpaired) electrons. The van der Waals surface area contributed by atoms with E-state index in [1.54, 1.807) is 12.1 Å². The van der Waals surface area contributed by atoms with E-state index in [9.17, 15) is 10.1 Å². The van der Waals surface area contributed by atoms with Gasteiger partial charge in [-0.15, -0.1) is 0 Å². The zero-order valence-electron chi connectivity index (χ0n) is 10.7. The van der Waals surface area contributed by atoms with Gasteiger partial charge in [-0.05, 0) is 25.5 Å². The zero-order chi connectivity index (χ0) is 13.8. The standard InChI is InChI=1S/C13H13N3O2S/c1-9-6-10(2)15-13(14-9)19-8-11-4-3-5-12(7-11)16(17)18/h3-7H,8H2,1-2H3. The Balaban J connectivity index is 2.10. The average molecular weight is 275 g/mol. The Labute approximate surface area is 115 Å². The molecule has 5 nitrogen and oxygen atoms in total. The Bertz CT molecular complexity index is 596. The van der Waals surface area contributed by atoms with Crippen molar-refractivity contribution in [3.05, 3.63) is 57.4 Å². The van der Waals surface area contributed by atoms with Gasteiger partial charge < -0.3 is 0 Å². The number of thioether (sulfide) groups is 1. The highest BCUT2D eigenvalue weighted by atomic mass is 32.2. The number of nitro groups is 1. The fourth-order valence-corrected chi connectivity index (χ4v) is 2.56. The number of rotatable bonds is 4. The van der Waals surface area contributed by atoms with Crippen LogP contribution in [-0.2, 0) is 5.75 Å². The minimum atomic E-state index is -0.387. The van der Waals surface area contributed by atoms with Crippen molar-refractivity contribution in [2.75, 3.05) is 0 Å². The van der Waals surface area contributed by atoms with Gasteiger partial charge in [0.05, 0.1) is 4.92 Å². The maximum Gasteiger partial charge on any atom is 0.269 e. The lowest BCUT2D eigenvalue weighted by Gasteiger charge is -2.03. The lowest BCUT2D eigenvalue weighted by Crippen LogP contribution is -1.94. The summed E-state index contributed by atoms with van der Waals surface area (Å²) >= 11 is 1.48. The quantitative estimate of drug-likeness (QED) is 0.370. The van der Waals surface area contributed by atoms with E-state index in [1.807, 2.05) is 26.0 Å². The van der Waals surface area contributed by atoms with Gasteiger partial charge in [0.25, 0.3) is 5.69 Å². The summed E-state index contributed by atoms with van der Waals surface area (Å²) in [4.78, 5) is 19.0. The summed E-state index contributed by atoms with van der Waals surface area (Å²) in [5.74, 6) is 0.616. The molecule has 0 saturated heterocycles. The molecule has 1 aromatic carbocycles. The van der Waals surface area contributed by atoms with Crippen LogP contribution in [0, 0.1) is 24.0 Å². The average Bonchev–Trinajstić information content (AvgIpc) is 2.35. The summed E-state index contributed by atoms with van der Waals surface area (Å²) in [5, 5.41) is 11.4. The number of aromatic nitrogens is 2. The predicted molar refractivity (Wildman–Crippen MR) is 74.2 cm³/mol. The summed E-state index contributed by atoms with van der Waals surface area (Å²) in [5.41, 5.74) is 2.85. The Morgan fingerprint density at radius 1 is 1.21 bits per heavy atom. The first kappa shape index (κ1) is 13.5. The Morgan fingerprint density at radius 3 is 2.53 bits per heavy atom. The van der Waals surface area contributed by atoms with Crippen molar-refractivity contribution in [3.63, 3.8) is 0 Å². The fourth-order valence-electron chi connectivity index (χ4n) is 1.67. The third-order valence-electron chi connectivity index (χ3n) is 2.45. The van der Waals surface area contributed by atoms with Gasteiger partial charge in [0.1, 0.15) is 0 Å². The van der Waals surface area contributed by atoms with Gasteiger partial charge >= 0.3 is 0 Å². The molecule has 0 atom stereocenters. The molecule has 0 aliphatic carbocycles. The number of nitro benzene ring substituents is 1. The van der Waals surface area contributed by atoms with Crippen LogP contribution in [0.4, 0.5) is 5.69 Å². The van der Waals surface area contributed by atoms with Crippen molar-refractivity contribution in [3.8, 4) is 0 Å². The summed E-state index contributed by atoms with van der Waals surface area (Å²) < 4.78 is 0. The van der Waals surface area contributed by atoms with E-state index in [2.05, 4.69) is 9.97 Å². The van der Waals surface area contributed by atoms with E-state index in [0.29, 0.717) is 10.9 Å². The third kappa shape index (κ3) is 3.75.